The Morgan fingerprint density at radius 3 is 2.02 bits per heavy atom. The van der Waals surface area contributed by atoms with E-state index in [1.807, 2.05) is 31.2 Å². The van der Waals surface area contributed by atoms with Gasteiger partial charge < -0.3 is 20.8 Å². The standard InChI is InChI=1S/C35H38N4O8S2/c1-24-3-12-30(13-4-24)48(44,45)37(2)23-34(41)39(29-11-16-32(35(42)43)33(40)21-29)22-25-5-7-26(8-6-25)27-17-19-38(20-18-27)49(46,47)31-14-9-28(36)10-15-31/h3-16,21,27,40H,17-20,22-23,36H2,1-2H3,(H,42,43). The van der Waals surface area contributed by atoms with E-state index in [0.29, 0.717) is 37.2 Å². The average Bonchev–Trinajstić information content (AvgIpc) is 3.07. The third-order valence-corrected chi connectivity index (χ3v) is 12.4. The zero-order chi connectivity index (χ0) is 35.5. The molecule has 1 heterocycles. The van der Waals surface area contributed by atoms with Gasteiger partial charge in [0.05, 0.1) is 22.9 Å². The van der Waals surface area contributed by atoms with Crippen LogP contribution in [-0.4, -0.2) is 74.2 Å². The third kappa shape index (κ3) is 7.94. The summed E-state index contributed by atoms with van der Waals surface area (Å²) in [6, 6.07) is 23.7. The van der Waals surface area contributed by atoms with E-state index < -0.39 is 44.2 Å². The second-order valence-electron chi connectivity index (χ2n) is 12.0. The first-order chi connectivity index (χ1) is 23.2. The van der Waals surface area contributed by atoms with Gasteiger partial charge in [0.1, 0.15) is 11.3 Å². The van der Waals surface area contributed by atoms with Crippen LogP contribution in [0.1, 0.15) is 45.8 Å². The van der Waals surface area contributed by atoms with Gasteiger partial charge in [-0.2, -0.15) is 8.61 Å². The zero-order valence-corrected chi connectivity index (χ0v) is 28.7. The second kappa shape index (κ2) is 14.4. The van der Waals surface area contributed by atoms with Gasteiger partial charge in [0.15, 0.2) is 0 Å². The first-order valence-electron chi connectivity index (χ1n) is 15.5. The molecule has 5 rings (SSSR count). The molecule has 0 bridgehead atoms. The molecule has 0 aromatic heterocycles. The highest BCUT2D eigenvalue weighted by Gasteiger charge is 2.30. The molecular weight excluding hydrogens is 669 g/mol. The number of carbonyl (C=O) groups excluding carboxylic acids is 1. The molecule has 1 saturated heterocycles. The highest BCUT2D eigenvalue weighted by molar-refractivity contribution is 7.89. The van der Waals surface area contributed by atoms with Crippen molar-refractivity contribution in [2.75, 3.05) is 37.3 Å². The molecule has 1 aliphatic heterocycles. The molecule has 0 aliphatic carbocycles. The number of anilines is 2. The number of carboxylic acids is 1. The summed E-state index contributed by atoms with van der Waals surface area (Å²) >= 11 is 0. The van der Waals surface area contributed by atoms with E-state index in [1.54, 1.807) is 24.3 Å². The van der Waals surface area contributed by atoms with E-state index in [4.69, 9.17) is 5.73 Å². The maximum absolute atomic E-state index is 13.7. The lowest BCUT2D eigenvalue weighted by Gasteiger charge is -2.31. The molecule has 4 aromatic carbocycles. The Labute approximate surface area is 286 Å². The largest absolute Gasteiger partial charge is 0.507 e. The van der Waals surface area contributed by atoms with Gasteiger partial charge in [-0.15, -0.1) is 0 Å². The maximum Gasteiger partial charge on any atom is 0.339 e. The van der Waals surface area contributed by atoms with Gasteiger partial charge in [-0.25, -0.2) is 21.6 Å². The number of likely N-dealkylation sites (N-methyl/N-ethyl adjacent to an activating group) is 1. The number of phenols is 1. The predicted molar refractivity (Wildman–Crippen MR) is 185 cm³/mol. The Bertz CT molecular complexity index is 2040. The van der Waals surface area contributed by atoms with Crippen molar-refractivity contribution in [2.45, 2.75) is 42.0 Å². The first-order valence-corrected chi connectivity index (χ1v) is 18.4. The van der Waals surface area contributed by atoms with E-state index in [-0.39, 0.29) is 33.5 Å². The molecule has 0 spiro atoms. The van der Waals surface area contributed by atoms with Crippen LogP contribution >= 0.6 is 0 Å². The van der Waals surface area contributed by atoms with Gasteiger partial charge in [0.2, 0.25) is 26.0 Å². The fraction of sp³-hybridized carbons (Fsp3) is 0.257. The lowest BCUT2D eigenvalue weighted by atomic mass is 9.90. The zero-order valence-electron chi connectivity index (χ0n) is 27.1. The van der Waals surface area contributed by atoms with E-state index >= 15 is 0 Å². The van der Waals surface area contributed by atoms with Gasteiger partial charge in [-0.1, -0.05) is 42.0 Å². The molecule has 1 fully saturated rings. The van der Waals surface area contributed by atoms with E-state index in [2.05, 4.69) is 0 Å². The van der Waals surface area contributed by atoms with Crippen LogP contribution in [0, 0.1) is 6.92 Å². The van der Waals surface area contributed by atoms with E-state index in [0.717, 1.165) is 21.5 Å². The van der Waals surface area contributed by atoms with Crippen molar-refractivity contribution in [3.05, 3.63) is 113 Å². The molecule has 0 saturated carbocycles. The number of carbonyl (C=O) groups is 2. The van der Waals surface area contributed by atoms with Gasteiger partial charge in [0.25, 0.3) is 0 Å². The van der Waals surface area contributed by atoms with Crippen molar-refractivity contribution in [1.29, 1.82) is 0 Å². The first kappa shape index (κ1) is 35.5. The van der Waals surface area contributed by atoms with E-state index in [1.165, 1.54) is 52.7 Å². The van der Waals surface area contributed by atoms with Crippen molar-refractivity contribution in [1.82, 2.24) is 8.61 Å². The number of aryl methyl sites for hydroxylation is 1. The summed E-state index contributed by atoms with van der Waals surface area (Å²) in [5.41, 5.74) is 8.64. The van der Waals surface area contributed by atoms with Crippen molar-refractivity contribution < 1.29 is 36.6 Å². The number of amides is 1. The molecule has 258 valence electrons. The van der Waals surface area contributed by atoms with Crippen LogP contribution in [0.15, 0.2) is 101 Å². The SMILES string of the molecule is Cc1ccc(S(=O)(=O)N(C)CC(=O)N(Cc2ccc(C3CCN(S(=O)(=O)c4ccc(N)cc4)CC3)cc2)c2ccc(C(=O)O)c(O)c2)cc1. The van der Waals surface area contributed by atoms with Crippen LogP contribution in [0.4, 0.5) is 11.4 Å². The molecule has 14 heteroatoms. The number of piperidine rings is 1. The molecule has 0 radical (unpaired) electrons. The van der Waals surface area contributed by atoms with Crippen molar-refractivity contribution in [2.24, 2.45) is 0 Å². The molecule has 12 nitrogen and oxygen atoms in total. The lowest BCUT2D eigenvalue weighted by Crippen LogP contribution is -2.41. The van der Waals surface area contributed by atoms with Crippen LogP contribution < -0.4 is 10.6 Å². The molecule has 0 atom stereocenters. The Hall–Kier alpha value is -4.76. The lowest BCUT2D eigenvalue weighted by molar-refractivity contribution is -0.118. The second-order valence-corrected chi connectivity index (χ2v) is 16.0. The quantitative estimate of drug-likeness (QED) is 0.191. The number of rotatable bonds is 11. The molecule has 1 aliphatic rings. The van der Waals surface area contributed by atoms with Gasteiger partial charge in [0, 0.05) is 37.6 Å². The number of hydrogen-bond acceptors (Lipinski definition) is 8. The fourth-order valence-corrected chi connectivity index (χ4v) is 8.33. The van der Waals surface area contributed by atoms with Crippen LogP contribution in [0.3, 0.4) is 0 Å². The van der Waals surface area contributed by atoms with Crippen LogP contribution in [-0.2, 0) is 31.4 Å². The smallest absolute Gasteiger partial charge is 0.339 e. The minimum absolute atomic E-state index is 0.00166. The van der Waals surface area contributed by atoms with Crippen LogP contribution in [0.2, 0.25) is 0 Å². The monoisotopic (exact) mass is 706 g/mol. The van der Waals surface area contributed by atoms with E-state index in [9.17, 15) is 36.6 Å². The number of aromatic hydroxyl groups is 1. The van der Waals surface area contributed by atoms with Crippen LogP contribution in [0.5, 0.6) is 5.75 Å². The summed E-state index contributed by atoms with van der Waals surface area (Å²) in [6.45, 7) is 2.03. The molecule has 4 aromatic rings. The molecule has 49 heavy (non-hydrogen) atoms. The third-order valence-electron chi connectivity index (χ3n) is 8.68. The average molecular weight is 707 g/mol. The van der Waals surface area contributed by atoms with Gasteiger partial charge in [-0.3, -0.25) is 4.79 Å². The summed E-state index contributed by atoms with van der Waals surface area (Å²) < 4.78 is 55.1. The minimum atomic E-state index is -4.00. The van der Waals surface area contributed by atoms with Crippen molar-refractivity contribution in [3.8, 4) is 5.75 Å². The predicted octanol–water partition coefficient (Wildman–Crippen LogP) is 4.40. The number of aromatic carboxylic acids is 1. The highest BCUT2D eigenvalue weighted by atomic mass is 32.2. The topological polar surface area (TPSA) is 179 Å². The summed E-state index contributed by atoms with van der Waals surface area (Å²) in [4.78, 5) is 26.8. The number of nitrogens with two attached hydrogens (primary N) is 1. The fourth-order valence-electron chi connectivity index (χ4n) is 5.74. The minimum Gasteiger partial charge on any atom is -0.507 e. The number of carboxylic acid groups (broad SMARTS) is 1. The normalized spacial score (nSPS) is 14.5. The van der Waals surface area contributed by atoms with Gasteiger partial charge in [-0.05, 0) is 85.3 Å². The summed E-state index contributed by atoms with van der Waals surface area (Å²) in [5, 5.41) is 19.8. The van der Waals surface area contributed by atoms with Crippen LogP contribution in [0.25, 0.3) is 0 Å². The summed E-state index contributed by atoms with van der Waals surface area (Å²) in [6.07, 6.45) is 1.24. The molecule has 1 amide bonds. The number of sulfonamides is 2. The Morgan fingerprint density at radius 2 is 1.45 bits per heavy atom. The summed E-state index contributed by atoms with van der Waals surface area (Å²) in [5.74, 6) is -2.36. The maximum atomic E-state index is 13.7. The molecular formula is C35H38N4O8S2. The Kier molecular flexibility index (Phi) is 10.4. The van der Waals surface area contributed by atoms with Crippen molar-refractivity contribution >= 4 is 43.3 Å². The number of nitrogen functional groups attached to an aromatic ring is 1. The van der Waals surface area contributed by atoms with Crippen molar-refractivity contribution in [3.63, 3.8) is 0 Å². The Morgan fingerprint density at radius 1 is 0.857 bits per heavy atom. The number of benzene rings is 4. The number of nitrogens with zero attached hydrogens (tertiary/aromatic N) is 3. The van der Waals surface area contributed by atoms with Gasteiger partial charge >= 0.3 is 5.97 Å². The number of hydrogen-bond donors (Lipinski definition) is 3. The molecule has 0 unspecified atom stereocenters. The summed E-state index contributed by atoms with van der Waals surface area (Å²) in [7, 11) is -6.34. The highest BCUT2D eigenvalue weighted by Crippen LogP contribution is 2.32. The molecule has 4 N–H and O–H groups in total. The Balaban J connectivity index is 1.32.